The van der Waals surface area contributed by atoms with Crippen LogP contribution in [0, 0.1) is 0 Å². The lowest BCUT2D eigenvalue weighted by molar-refractivity contribution is -0.117. The third kappa shape index (κ3) is 4.22. The number of carbonyl (C=O) groups is 2. The molecule has 0 spiro atoms. The van der Waals surface area contributed by atoms with Crippen LogP contribution >= 0.6 is 0 Å². The third-order valence-electron chi connectivity index (χ3n) is 6.35. The van der Waals surface area contributed by atoms with E-state index in [-0.39, 0.29) is 16.4 Å². The number of nitrogens with zero attached hydrogens (tertiary/aromatic N) is 2. The summed E-state index contributed by atoms with van der Waals surface area (Å²) in [5.41, 5.74) is 3.57. The molecule has 7 nitrogen and oxygen atoms in total. The Morgan fingerprint density at radius 2 is 1.62 bits per heavy atom. The summed E-state index contributed by atoms with van der Waals surface area (Å²) < 4.78 is 28.1. The van der Waals surface area contributed by atoms with Gasteiger partial charge >= 0.3 is 0 Å². The van der Waals surface area contributed by atoms with Crippen LogP contribution in [0.15, 0.2) is 77.7 Å². The number of anilines is 2. The molecule has 1 saturated heterocycles. The average molecular weight is 476 g/mol. The summed E-state index contributed by atoms with van der Waals surface area (Å²) >= 11 is 0. The van der Waals surface area contributed by atoms with Crippen molar-refractivity contribution in [1.82, 2.24) is 4.31 Å². The smallest absolute Gasteiger partial charge is 0.255 e. The number of para-hydroxylation sites is 2. The van der Waals surface area contributed by atoms with Gasteiger partial charge < -0.3 is 10.2 Å². The molecule has 1 fully saturated rings. The van der Waals surface area contributed by atoms with E-state index in [2.05, 4.69) is 5.32 Å². The quantitative estimate of drug-likeness (QED) is 0.608. The van der Waals surface area contributed by atoms with Crippen molar-refractivity contribution in [3.8, 4) is 0 Å². The molecule has 8 heteroatoms. The Kier molecular flexibility index (Phi) is 5.93. The molecule has 0 bridgehead atoms. The SMILES string of the molecule is O=C(Nc1ccccc1N1CCCC1=O)c1cccc(S(=O)(=O)N2CCc3ccccc3C2)c1. The molecule has 0 atom stereocenters. The van der Waals surface area contributed by atoms with E-state index >= 15 is 0 Å². The van der Waals surface area contributed by atoms with Gasteiger partial charge in [-0.1, -0.05) is 42.5 Å². The number of fused-ring (bicyclic) bond motifs is 1. The molecule has 2 aliphatic heterocycles. The minimum atomic E-state index is -3.76. The highest BCUT2D eigenvalue weighted by atomic mass is 32.2. The highest BCUT2D eigenvalue weighted by Gasteiger charge is 2.29. The molecular weight excluding hydrogens is 450 g/mol. The standard InChI is InChI=1S/C26H25N3O4S/c30-25-13-6-15-29(25)24-12-4-3-11-23(24)27-26(31)20-9-5-10-22(17-20)34(32,33)28-16-14-19-7-1-2-8-21(19)18-28/h1-5,7-12,17H,6,13-16,18H2,(H,27,31). The van der Waals surface area contributed by atoms with Gasteiger partial charge in [0.1, 0.15) is 0 Å². The highest BCUT2D eigenvalue weighted by Crippen LogP contribution is 2.30. The molecular formula is C26H25N3O4S. The van der Waals surface area contributed by atoms with Crippen molar-refractivity contribution in [2.45, 2.75) is 30.7 Å². The summed E-state index contributed by atoms with van der Waals surface area (Å²) in [4.78, 5) is 27.0. The summed E-state index contributed by atoms with van der Waals surface area (Å²) in [6.45, 7) is 1.32. The van der Waals surface area contributed by atoms with E-state index in [0.717, 1.165) is 17.5 Å². The minimum Gasteiger partial charge on any atom is -0.320 e. The van der Waals surface area contributed by atoms with Gasteiger partial charge in [-0.05, 0) is 54.3 Å². The van der Waals surface area contributed by atoms with E-state index < -0.39 is 15.9 Å². The first kappa shape index (κ1) is 22.3. The van der Waals surface area contributed by atoms with Crippen LogP contribution in [0.4, 0.5) is 11.4 Å². The third-order valence-corrected chi connectivity index (χ3v) is 8.19. The lowest BCUT2D eigenvalue weighted by atomic mass is 10.0. The molecule has 1 N–H and O–H groups in total. The Balaban J connectivity index is 1.38. The lowest BCUT2D eigenvalue weighted by Crippen LogP contribution is -2.36. The van der Waals surface area contributed by atoms with Crippen molar-refractivity contribution in [2.24, 2.45) is 0 Å². The Bertz CT molecular complexity index is 1370. The number of benzene rings is 3. The van der Waals surface area contributed by atoms with Crippen molar-refractivity contribution in [2.75, 3.05) is 23.3 Å². The van der Waals surface area contributed by atoms with E-state index in [1.54, 1.807) is 35.2 Å². The maximum absolute atomic E-state index is 13.3. The van der Waals surface area contributed by atoms with Crippen LogP contribution in [0.1, 0.15) is 34.3 Å². The summed E-state index contributed by atoms with van der Waals surface area (Å²) in [6.07, 6.45) is 1.92. The van der Waals surface area contributed by atoms with Crippen LogP contribution in [-0.2, 0) is 27.8 Å². The van der Waals surface area contributed by atoms with Crippen LogP contribution in [0.3, 0.4) is 0 Å². The molecule has 5 rings (SSSR count). The van der Waals surface area contributed by atoms with Gasteiger partial charge in [0, 0.05) is 31.6 Å². The molecule has 2 aliphatic rings. The largest absolute Gasteiger partial charge is 0.320 e. The molecule has 174 valence electrons. The average Bonchev–Trinajstić information content (AvgIpc) is 3.29. The van der Waals surface area contributed by atoms with Crippen LogP contribution in [-0.4, -0.2) is 37.6 Å². The number of sulfonamides is 1. The summed E-state index contributed by atoms with van der Waals surface area (Å²) in [6, 6.07) is 21.1. The molecule has 2 heterocycles. The summed E-state index contributed by atoms with van der Waals surface area (Å²) in [5, 5.41) is 2.85. The zero-order valence-corrected chi connectivity index (χ0v) is 19.4. The zero-order chi connectivity index (χ0) is 23.7. The monoisotopic (exact) mass is 475 g/mol. The zero-order valence-electron chi connectivity index (χ0n) is 18.6. The normalized spacial score (nSPS) is 16.4. The maximum atomic E-state index is 13.3. The highest BCUT2D eigenvalue weighted by molar-refractivity contribution is 7.89. The van der Waals surface area contributed by atoms with E-state index in [1.807, 2.05) is 30.3 Å². The molecule has 34 heavy (non-hydrogen) atoms. The van der Waals surface area contributed by atoms with Crippen molar-refractivity contribution in [3.63, 3.8) is 0 Å². The Labute approximate surface area is 199 Å². The van der Waals surface area contributed by atoms with E-state index in [9.17, 15) is 18.0 Å². The van der Waals surface area contributed by atoms with Crippen LogP contribution in [0.5, 0.6) is 0 Å². The second kappa shape index (κ2) is 9.04. The van der Waals surface area contributed by atoms with E-state index in [1.165, 1.54) is 16.4 Å². The second-order valence-corrected chi connectivity index (χ2v) is 10.4. The van der Waals surface area contributed by atoms with Crippen LogP contribution < -0.4 is 10.2 Å². The van der Waals surface area contributed by atoms with Crippen molar-refractivity contribution < 1.29 is 18.0 Å². The number of nitrogens with one attached hydrogen (secondary N) is 1. The van der Waals surface area contributed by atoms with Gasteiger partial charge in [-0.25, -0.2) is 8.42 Å². The molecule has 3 aromatic carbocycles. The second-order valence-electron chi connectivity index (χ2n) is 8.51. The fourth-order valence-corrected chi connectivity index (χ4v) is 6.00. The van der Waals surface area contributed by atoms with Crippen molar-refractivity contribution >= 4 is 33.2 Å². The molecule has 2 amide bonds. The van der Waals surface area contributed by atoms with Crippen molar-refractivity contribution in [3.05, 3.63) is 89.5 Å². The predicted molar refractivity (Wildman–Crippen MR) is 130 cm³/mol. The Hall–Kier alpha value is -3.49. The van der Waals surface area contributed by atoms with Gasteiger partial charge in [0.15, 0.2) is 0 Å². The maximum Gasteiger partial charge on any atom is 0.255 e. The van der Waals surface area contributed by atoms with E-state index in [0.29, 0.717) is 43.9 Å². The van der Waals surface area contributed by atoms with Gasteiger partial charge in [0.25, 0.3) is 5.91 Å². The van der Waals surface area contributed by atoms with Gasteiger partial charge in [0.05, 0.1) is 16.3 Å². The topological polar surface area (TPSA) is 86.8 Å². The molecule has 0 radical (unpaired) electrons. The summed E-state index contributed by atoms with van der Waals surface area (Å²) in [7, 11) is -3.76. The number of hydrogen-bond donors (Lipinski definition) is 1. The fourth-order valence-electron chi connectivity index (χ4n) is 4.53. The van der Waals surface area contributed by atoms with Gasteiger partial charge in [-0.2, -0.15) is 4.31 Å². The first-order valence-corrected chi connectivity index (χ1v) is 12.8. The first-order valence-electron chi connectivity index (χ1n) is 11.3. The first-order chi connectivity index (χ1) is 16.4. The van der Waals surface area contributed by atoms with E-state index in [4.69, 9.17) is 0 Å². The molecule has 0 unspecified atom stereocenters. The van der Waals surface area contributed by atoms with Crippen LogP contribution in [0.25, 0.3) is 0 Å². The lowest BCUT2D eigenvalue weighted by Gasteiger charge is -2.28. The number of carbonyl (C=O) groups excluding carboxylic acids is 2. The Morgan fingerprint density at radius 3 is 2.41 bits per heavy atom. The minimum absolute atomic E-state index is 0.0258. The molecule has 0 saturated carbocycles. The molecule has 0 aliphatic carbocycles. The fraction of sp³-hybridized carbons (Fsp3) is 0.231. The molecule has 0 aromatic heterocycles. The predicted octanol–water partition coefficient (Wildman–Crippen LogP) is 3.81. The van der Waals surface area contributed by atoms with Crippen LogP contribution in [0.2, 0.25) is 0 Å². The van der Waals surface area contributed by atoms with Crippen molar-refractivity contribution in [1.29, 1.82) is 0 Å². The van der Waals surface area contributed by atoms with Gasteiger partial charge in [0.2, 0.25) is 15.9 Å². The number of hydrogen-bond acceptors (Lipinski definition) is 4. The summed E-state index contributed by atoms with van der Waals surface area (Å²) in [5.74, 6) is -0.405. The number of rotatable bonds is 5. The Morgan fingerprint density at radius 1 is 0.853 bits per heavy atom. The number of amides is 2. The van der Waals surface area contributed by atoms with Gasteiger partial charge in [-0.15, -0.1) is 0 Å². The molecule has 3 aromatic rings. The van der Waals surface area contributed by atoms with Gasteiger partial charge in [-0.3, -0.25) is 9.59 Å².